The molecule has 2 aromatic carbocycles. The van der Waals surface area contributed by atoms with Gasteiger partial charge in [-0.15, -0.1) is 5.10 Å². The first kappa shape index (κ1) is 28.1. The van der Waals surface area contributed by atoms with Crippen LogP contribution in [0.15, 0.2) is 78.4 Å². The average molecular weight is 598 g/mol. The number of carbonyl (C=O) groups is 4. The fourth-order valence-electron chi connectivity index (χ4n) is 5.13. The Morgan fingerprint density at radius 1 is 0.977 bits per heavy atom. The minimum atomic E-state index is -1.21. The molecule has 1 unspecified atom stereocenters. The van der Waals surface area contributed by atoms with Crippen molar-refractivity contribution in [1.82, 2.24) is 24.4 Å². The van der Waals surface area contributed by atoms with Crippen molar-refractivity contribution in [2.75, 3.05) is 43.1 Å². The van der Waals surface area contributed by atoms with Crippen LogP contribution in [0.4, 0.5) is 11.4 Å². The zero-order chi connectivity index (χ0) is 29.8. The van der Waals surface area contributed by atoms with Gasteiger partial charge in [0.05, 0.1) is 24.3 Å². The van der Waals surface area contributed by atoms with E-state index in [1.165, 1.54) is 4.90 Å². The zero-order valence-corrected chi connectivity index (χ0v) is 23.8. The van der Waals surface area contributed by atoms with Gasteiger partial charge in [-0.3, -0.25) is 29.1 Å². The first-order valence-electron chi connectivity index (χ1n) is 13.6. The SMILES string of the molecule is O=C(Nc1ccc(N2CCOCC2)cc1)C(c1csnn1)N(Cc1cccnc1)C(=O)CN1C(=O)c2ccccc2C1=O. The lowest BCUT2D eigenvalue weighted by Gasteiger charge is -2.31. The van der Waals surface area contributed by atoms with Crippen LogP contribution in [0.1, 0.15) is 38.0 Å². The number of amides is 4. The van der Waals surface area contributed by atoms with E-state index in [1.807, 2.05) is 12.1 Å². The van der Waals surface area contributed by atoms with Crippen LogP contribution in [0.3, 0.4) is 0 Å². The van der Waals surface area contributed by atoms with Crippen LogP contribution >= 0.6 is 11.5 Å². The lowest BCUT2D eigenvalue weighted by Crippen LogP contribution is -2.47. The number of morpholine rings is 1. The van der Waals surface area contributed by atoms with E-state index < -0.39 is 36.2 Å². The molecule has 0 spiro atoms. The second-order valence-corrected chi connectivity index (χ2v) is 10.6. The van der Waals surface area contributed by atoms with Crippen LogP contribution in [0.25, 0.3) is 0 Å². The molecule has 13 heteroatoms. The summed E-state index contributed by atoms with van der Waals surface area (Å²) in [5.41, 5.74) is 2.91. The summed E-state index contributed by atoms with van der Waals surface area (Å²) in [5, 5.41) is 8.62. The number of benzene rings is 2. The summed E-state index contributed by atoms with van der Waals surface area (Å²) in [6.07, 6.45) is 3.19. The second kappa shape index (κ2) is 12.5. The monoisotopic (exact) mass is 597 g/mol. The molecule has 0 bridgehead atoms. The summed E-state index contributed by atoms with van der Waals surface area (Å²) >= 11 is 1.04. The maximum absolute atomic E-state index is 14.0. The van der Waals surface area contributed by atoms with Crippen LogP contribution in [0.5, 0.6) is 0 Å². The first-order valence-corrected chi connectivity index (χ1v) is 14.5. The third-order valence-corrected chi connectivity index (χ3v) is 7.82. The van der Waals surface area contributed by atoms with Crippen molar-refractivity contribution in [2.45, 2.75) is 12.6 Å². The highest BCUT2D eigenvalue weighted by Crippen LogP contribution is 2.28. The molecular formula is C30H27N7O5S. The first-order chi connectivity index (χ1) is 21.0. The average Bonchev–Trinajstić information content (AvgIpc) is 3.65. The van der Waals surface area contributed by atoms with E-state index in [4.69, 9.17) is 4.74 Å². The number of carbonyl (C=O) groups excluding carboxylic acids is 4. The summed E-state index contributed by atoms with van der Waals surface area (Å²) in [6, 6.07) is 16.1. The number of hydrogen-bond acceptors (Lipinski definition) is 10. The molecule has 1 N–H and O–H groups in total. The van der Waals surface area contributed by atoms with Gasteiger partial charge in [-0.05, 0) is 59.6 Å². The Morgan fingerprint density at radius 2 is 1.70 bits per heavy atom. The maximum atomic E-state index is 14.0. The molecule has 0 aliphatic carbocycles. The minimum Gasteiger partial charge on any atom is -0.378 e. The fourth-order valence-corrected chi connectivity index (χ4v) is 5.61. The standard InChI is InChI=1S/C30H27N7O5S/c38-26(18-37-29(40)23-5-1-2-6-24(23)30(37)41)36(17-20-4-3-11-31-16-20)27(25-19-43-34-33-25)28(39)32-21-7-9-22(10-8-21)35-12-14-42-15-13-35/h1-11,16,19,27H,12-15,17-18H2,(H,32,39). The molecule has 1 fully saturated rings. The van der Waals surface area contributed by atoms with E-state index >= 15 is 0 Å². The molecule has 1 saturated heterocycles. The number of nitrogens with zero attached hydrogens (tertiary/aromatic N) is 6. The molecule has 1 atom stereocenters. The highest BCUT2D eigenvalue weighted by atomic mass is 32.1. The molecule has 6 rings (SSSR count). The molecular weight excluding hydrogens is 570 g/mol. The van der Waals surface area contributed by atoms with Gasteiger partial charge in [0, 0.05) is 48.8 Å². The number of aromatic nitrogens is 3. The molecule has 12 nitrogen and oxygen atoms in total. The molecule has 2 aromatic heterocycles. The third-order valence-electron chi connectivity index (χ3n) is 7.30. The molecule has 43 heavy (non-hydrogen) atoms. The van der Waals surface area contributed by atoms with Crippen molar-refractivity contribution >= 4 is 46.5 Å². The van der Waals surface area contributed by atoms with Gasteiger partial charge >= 0.3 is 0 Å². The van der Waals surface area contributed by atoms with Gasteiger partial charge in [-0.25, -0.2) is 0 Å². The van der Waals surface area contributed by atoms with Gasteiger partial charge in [0.25, 0.3) is 17.7 Å². The summed E-state index contributed by atoms with van der Waals surface area (Å²) in [5.74, 6) is -2.26. The highest BCUT2D eigenvalue weighted by Gasteiger charge is 2.40. The van der Waals surface area contributed by atoms with Gasteiger partial charge in [-0.1, -0.05) is 22.7 Å². The maximum Gasteiger partial charge on any atom is 0.262 e. The van der Waals surface area contributed by atoms with Crippen LogP contribution < -0.4 is 10.2 Å². The molecule has 4 aromatic rings. The molecule has 2 aliphatic rings. The normalized spacial score (nSPS) is 15.3. The molecule has 0 radical (unpaired) electrons. The van der Waals surface area contributed by atoms with Crippen LogP contribution in [0.2, 0.25) is 0 Å². The molecule has 4 heterocycles. The number of fused-ring (bicyclic) bond motifs is 1. The lowest BCUT2D eigenvalue weighted by atomic mass is 10.1. The Kier molecular flexibility index (Phi) is 8.16. The van der Waals surface area contributed by atoms with Gasteiger partial charge in [-0.2, -0.15) is 0 Å². The number of nitrogens with one attached hydrogen (secondary N) is 1. The van der Waals surface area contributed by atoms with E-state index in [0.29, 0.717) is 24.5 Å². The van der Waals surface area contributed by atoms with E-state index in [1.54, 1.807) is 66.3 Å². The van der Waals surface area contributed by atoms with Crippen LogP contribution in [0, 0.1) is 0 Å². The fraction of sp³-hybridized carbons (Fsp3) is 0.233. The number of ether oxygens (including phenoxy) is 1. The predicted molar refractivity (Wildman–Crippen MR) is 157 cm³/mol. The summed E-state index contributed by atoms with van der Waals surface area (Å²) < 4.78 is 9.35. The number of pyridine rings is 1. The Morgan fingerprint density at radius 3 is 2.33 bits per heavy atom. The van der Waals surface area contributed by atoms with Crippen molar-refractivity contribution in [2.24, 2.45) is 0 Å². The predicted octanol–water partition coefficient (Wildman–Crippen LogP) is 2.77. The Hall–Kier alpha value is -5.01. The second-order valence-electron chi connectivity index (χ2n) is 9.99. The number of imide groups is 1. The van der Waals surface area contributed by atoms with Crippen molar-refractivity contribution in [3.8, 4) is 0 Å². The third kappa shape index (κ3) is 5.98. The minimum absolute atomic E-state index is 0.0264. The summed E-state index contributed by atoms with van der Waals surface area (Å²) in [7, 11) is 0. The highest BCUT2D eigenvalue weighted by molar-refractivity contribution is 7.03. The van der Waals surface area contributed by atoms with Crippen LogP contribution in [-0.2, 0) is 20.9 Å². The van der Waals surface area contributed by atoms with Crippen molar-refractivity contribution < 1.29 is 23.9 Å². The number of anilines is 2. The Bertz CT molecular complexity index is 1590. The van der Waals surface area contributed by atoms with E-state index in [0.717, 1.165) is 35.2 Å². The zero-order valence-electron chi connectivity index (χ0n) is 23.0. The van der Waals surface area contributed by atoms with Gasteiger partial charge in [0.2, 0.25) is 5.91 Å². The summed E-state index contributed by atoms with van der Waals surface area (Å²) in [4.78, 5) is 62.5. The smallest absolute Gasteiger partial charge is 0.262 e. The van der Waals surface area contributed by atoms with Gasteiger partial charge < -0.3 is 19.9 Å². The number of hydrogen-bond donors (Lipinski definition) is 1. The quantitative estimate of drug-likeness (QED) is 0.289. The largest absolute Gasteiger partial charge is 0.378 e. The van der Waals surface area contributed by atoms with Crippen LogP contribution in [-0.4, -0.2) is 80.8 Å². The van der Waals surface area contributed by atoms with E-state index in [-0.39, 0.29) is 23.4 Å². The molecule has 0 saturated carbocycles. The number of rotatable bonds is 9. The van der Waals surface area contributed by atoms with Crippen molar-refractivity contribution in [3.63, 3.8) is 0 Å². The molecule has 4 amide bonds. The van der Waals surface area contributed by atoms with E-state index in [2.05, 4.69) is 24.8 Å². The van der Waals surface area contributed by atoms with Gasteiger partial charge in [0.15, 0.2) is 6.04 Å². The Balaban J connectivity index is 1.28. The topological polar surface area (TPSA) is 138 Å². The molecule has 2 aliphatic heterocycles. The lowest BCUT2D eigenvalue weighted by molar-refractivity contribution is -0.140. The van der Waals surface area contributed by atoms with Crippen molar-refractivity contribution in [1.29, 1.82) is 0 Å². The van der Waals surface area contributed by atoms with E-state index in [9.17, 15) is 19.2 Å². The molecule has 218 valence electrons. The van der Waals surface area contributed by atoms with Crippen molar-refractivity contribution in [3.05, 3.63) is 101 Å². The Labute approximate surface area is 251 Å². The summed E-state index contributed by atoms with van der Waals surface area (Å²) in [6.45, 7) is 2.29. The van der Waals surface area contributed by atoms with Gasteiger partial charge in [0.1, 0.15) is 12.2 Å².